The van der Waals surface area contributed by atoms with E-state index >= 15 is 0 Å². The quantitative estimate of drug-likeness (QED) is 0.715. The number of rotatable bonds is 3. The number of hydrogen-bond acceptors (Lipinski definition) is 1. The van der Waals surface area contributed by atoms with E-state index in [9.17, 15) is 0 Å². The van der Waals surface area contributed by atoms with E-state index in [1.807, 2.05) is 6.08 Å². The van der Waals surface area contributed by atoms with Gasteiger partial charge in [-0.2, -0.15) is 0 Å². The van der Waals surface area contributed by atoms with Crippen molar-refractivity contribution in [2.75, 3.05) is 13.6 Å². The summed E-state index contributed by atoms with van der Waals surface area (Å²) in [7, 11) is 2.26. The minimum Gasteiger partial charge on any atom is -0.299 e. The molecule has 0 spiro atoms. The standard InChI is InChI=1S/C17H27N/c1-4-8-16-14(2)11-12-18(3)17(16)13-15-9-6-5-7-10-15/h4,8,15,17H,1-2,5-7,9-13H2,3H3/b16-8+. The Labute approximate surface area is 112 Å². The Balaban J connectivity index is 2.07. The molecule has 1 aliphatic carbocycles. The number of nitrogens with zero attached hydrogens (tertiary/aromatic N) is 1. The highest BCUT2D eigenvalue weighted by atomic mass is 15.1. The fourth-order valence-corrected chi connectivity index (χ4v) is 3.49. The van der Waals surface area contributed by atoms with Crippen molar-refractivity contribution in [2.45, 2.75) is 51.0 Å². The molecule has 0 radical (unpaired) electrons. The average molecular weight is 245 g/mol. The van der Waals surface area contributed by atoms with Crippen molar-refractivity contribution in [2.24, 2.45) is 5.92 Å². The molecule has 0 aromatic carbocycles. The summed E-state index contributed by atoms with van der Waals surface area (Å²) < 4.78 is 0. The van der Waals surface area contributed by atoms with E-state index in [1.54, 1.807) is 0 Å². The first-order chi connectivity index (χ1) is 8.72. The van der Waals surface area contributed by atoms with Crippen molar-refractivity contribution in [3.05, 3.63) is 36.5 Å². The molecular weight excluding hydrogens is 218 g/mol. The van der Waals surface area contributed by atoms with Crippen LogP contribution in [0.5, 0.6) is 0 Å². The number of hydrogen-bond donors (Lipinski definition) is 0. The summed E-state index contributed by atoms with van der Waals surface area (Å²) in [6, 6.07) is 0.576. The molecule has 1 atom stereocenters. The fraction of sp³-hybridized carbons (Fsp3) is 0.647. The Hall–Kier alpha value is -0.820. The van der Waals surface area contributed by atoms with Crippen LogP contribution in [0.25, 0.3) is 0 Å². The van der Waals surface area contributed by atoms with E-state index in [1.165, 1.54) is 49.7 Å². The van der Waals surface area contributed by atoms with E-state index in [4.69, 9.17) is 0 Å². The maximum absolute atomic E-state index is 4.25. The van der Waals surface area contributed by atoms with Gasteiger partial charge in [0.05, 0.1) is 0 Å². The first kappa shape index (κ1) is 13.6. The Bertz CT molecular complexity index is 334. The van der Waals surface area contributed by atoms with Gasteiger partial charge in [-0.1, -0.05) is 57.4 Å². The predicted octanol–water partition coefficient (Wildman–Crippen LogP) is 4.33. The molecule has 1 unspecified atom stereocenters. The van der Waals surface area contributed by atoms with Gasteiger partial charge in [-0.25, -0.2) is 0 Å². The monoisotopic (exact) mass is 245 g/mol. The third-order valence-electron chi connectivity index (χ3n) is 4.64. The van der Waals surface area contributed by atoms with Crippen LogP contribution in [-0.4, -0.2) is 24.5 Å². The molecule has 1 heteroatoms. The van der Waals surface area contributed by atoms with Gasteiger partial charge in [0.15, 0.2) is 0 Å². The van der Waals surface area contributed by atoms with E-state index in [2.05, 4.69) is 31.2 Å². The number of likely N-dealkylation sites (tertiary alicyclic amines) is 1. The lowest BCUT2D eigenvalue weighted by Crippen LogP contribution is -2.40. The smallest absolute Gasteiger partial charge is 0.0350 e. The molecular formula is C17H27N. The van der Waals surface area contributed by atoms with Crippen molar-refractivity contribution in [1.29, 1.82) is 0 Å². The second kappa shape index (κ2) is 6.38. The molecule has 100 valence electrons. The van der Waals surface area contributed by atoms with Crippen LogP contribution >= 0.6 is 0 Å². The minimum atomic E-state index is 0.576. The van der Waals surface area contributed by atoms with Gasteiger partial charge in [0.25, 0.3) is 0 Å². The lowest BCUT2D eigenvalue weighted by atomic mass is 9.80. The SMILES string of the molecule is C=C/C=C1\C(=C)CCN(C)C1CC1CCCCC1. The van der Waals surface area contributed by atoms with E-state index < -0.39 is 0 Å². The number of likely N-dealkylation sites (N-methyl/N-ethyl adjacent to an activating group) is 1. The Morgan fingerprint density at radius 3 is 2.67 bits per heavy atom. The number of allylic oxidation sites excluding steroid dienone is 2. The Kier molecular flexibility index (Phi) is 4.82. The molecule has 1 heterocycles. The zero-order valence-corrected chi connectivity index (χ0v) is 11.8. The van der Waals surface area contributed by atoms with Crippen LogP contribution < -0.4 is 0 Å². The van der Waals surface area contributed by atoms with Gasteiger partial charge in [0.2, 0.25) is 0 Å². The van der Waals surface area contributed by atoms with Gasteiger partial charge in [-0.05, 0) is 37.0 Å². The van der Waals surface area contributed by atoms with E-state index in [0.717, 1.165) is 18.9 Å². The third-order valence-corrected chi connectivity index (χ3v) is 4.64. The lowest BCUT2D eigenvalue weighted by molar-refractivity contribution is 0.201. The van der Waals surface area contributed by atoms with Crippen LogP contribution in [0.2, 0.25) is 0 Å². The predicted molar refractivity (Wildman–Crippen MR) is 79.6 cm³/mol. The van der Waals surface area contributed by atoms with Crippen LogP contribution in [-0.2, 0) is 0 Å². The molecule has 2 aliphatic rings. The zero-order chi connectivity index (χ0) is 13.0. The van der Waals surface area contributed by atoms with Gasteiger partial charge >= 0.3 is 0 Å². The Morgan fingerprint density at radius 1 is 1.28 bits per heavy atom. The molecule has 1 aliphatic heterocycles. The lowest BCUT2D eigenvalue weighted by Gasteiger charge is -2.39. The Morgan fingerprint density at radius 2 is 2.00 bits per heavy atom. The topological polar surface area (TPSA) is 3.24 Å². The molecule has 0 N–H and O–H groups in total. The molecule has 2 fully saturated rings. The molecule has 1 saturated heterocycles. The second-order valence-electron chi connectivity index (χ2n) is 5.95. The zero-order valence-electron chi connectivity index (χ0n) is 11.8. The molecule has 0 aromatic rings. The van der Waals surface area contributed by atoms with Crippen molar-refractivity contribution in [1.82, 2.24) is 4.90 Å². The van der Waals surface area contributed by atoms with Gasteiger partial charge in [0, 0.05) is 12.6 Å². The first-order valence-corrected chi connectivity index (χ1v) is 7.43. The highest BCUT2D eigenvalue weighted by Gasteiger charge is 2.28. The van der Waals surface area contributed by atoms with Crippen LogP contribution in [0.4, 0.5) is 0 Å². The molecule has 1 saturated carbocycles. The van der Waals surface area contributed by atoms with Crippen molar-refractivity contribution in [3.63, 3.8) is 0 Å². The number of piperidine rings is 1. The third kappa shape index (κ3) is 3.14. The molecule has 0 aromatic heterocycles. The summed E-state index contributed by atoms with van der Waals surface area (Å²) in [5.74, 6) is 0.922. The van der Waals surface area contributed by atoms with Crippen LogP contribution in [0.15, 0.2) is 36.5 Å². The molecule has 1 nitrogen and oxygen atoms in total. The van der Waals surface area contributed by atoms with Crippen LogP contribution in [0.1, 0.15) is 44.9 Å². The summed E-state index contributed by atoms with van der Waals surface area (Å²) in [4.78, 5) is 2.51. The molecule has 0 amide bonds. The van der Waals surface area contributed by atoms with E-state index in [0.29, 0.717) is 6.04 Å². The molecule has 0 bridgehead atoms. The van der Waals surface area contributed by atoms with Gasteiger partial charge in [0.1, 0.15) is 0 Å². The largest absolute Gasteiger partial charge is 0.299 e. The maximum atomic E-state index is 4.25. The maximum Gasteiger partial charge on any atom is 0.0350 e. The van der Waals surface area contributed by atoms with Crippen molar-refractivity contribution >= 4 is 0 Å². The minimum absolute atomic E-state index is 0.576. The summed E-state index contributed by atoms with van der Waals surface area (Å²) in [5, 5.41) is 0. The van der Waals surface area contributed by atoms with Gasteiger partial charge in [-0.3, -0.25) is 4.90 Å². The van der Waals surface area contributed by atoms with Gasteiger partial charge in [-0.15, -0.1) is 0 Å². The van der Waals surface area contributed by atoms with E-state index in [-0.39, 0.29) is 0 Å². The van der Waals surface area contributed by atoms with Gasteiger partial charge < -0.3 is 0 Å². The summed E-state index contributed by atoms with van der Waals surface area (Å²) >= 11 is 0. The normalized spacial score (nSPS) is 29.7. The second-order valence-corrected chi connectivity index (χ2v) is 5.95. The summed E-state index contributed by atoms with van der Waals surface area (Å²) in [5.41, 5.74) is 2.76. The highest BCUT2D eigenvalue weighted by Crippen LogP contribution is 2.34. The van der Waals surface area contributed by atoms with Crippen molar-refractivity contribution in [3.8, 4) is 0 Å². The average Bonchev–Trinajstić information content (AvgIpc) is 2.39. The van der Waals surface area contributed by atoms with Crippen molar-refractivity contribution < 1.29 is 0 Å². The molecule has 18 heavy (non-hydrogen) atoms. The first-order valence-electron chi connectivity index (χ1n) is 7.43. The van der Waals surface area contributed by atoms with Crippen LogP contribution in [0.3, 0.4) is 0 Å². The fourth-order valence-electron chi connectivity index (χ4n) is 3.49. The molecule has 2 rings (SSSR count). The highest BCUT2D eigenvalue weighted by molar-refractivity contribution is 5.37. The summed E-state index contributed by atoms with van der Waals surface area (Å²) in [6.45, 7) is 9.27. The van der Waals surface area contributed by atoms with Crippen LogP contribution in [0, 0.1) is 5.92 Å². The summed E-state index contributed by atoms with van der Waals surface area (Å²) in [6.07, 6.45) is 13.7.